The van der Waals surface area contributed by atoms with E-state index in [9.17, 15) is 4.79 Å². The molecular formula is C24H28BrClN4O. The summed E-state index contributed by atoms with van der Waals surface area (Å²) in [7, 11) is 0. The summed E-state index contributed by atoms with van der Waals surface area (Å²) in [6.45, 7) is 3.89. The number of hydrogen-bond acceptors (Lipinski definition) is 4. The molecule has 0 bridgehead atoms. The molecule has 4 rings (SSSR count). The highest BCUT2D eigenvalue weighted by Crippen LogP contribution is 2.43. The van der Waals surface area contributed by atoms with Crippen LogP contribution in [0, 0.1) is 5.92 Å². The lowest BCUT2D eigenvalue weighted by atomic mass is 9.87. The Kier molecular flexibility index (Phi) is 7.31. The Morgan fingerprint density at radius 3 is 2.42 bits per heavy atom. The summed E-state index contributed by atoms with van der Waals surface area (Å²) in [5.74, 6) is -0.144. The van der Waals surface area contributed by atoms with Crippen LogP contribution in [0.2, 0.25) is 5.02 Å². The van der Waals surface area contributed by atoms with Gasteiger partial charge in [0.1, 0.15) is 5.71 Å². The summed E-state index contributed by atoms with van der Waals surface area (Å²) in [5, 5.41) is 9.46. The number of anilines is 1. The topological polar surface area (TPSA) is 47.9 Å². The molecule has 2 aliphatic heterocycles. The van der Waals surface area contributed by atoms with Gasteiger partial charge in [0, 0.05) is 23.5 Å². The number of carbonyl (C=O) groups excluding carboxylic acids is 1. The Balaban J connectivity index is 1.68. The van der Waals surface area contributed by atoms with Crippen LogP contribution in [0.4, 0.5) is 5.69 Å². The number of hydrazine groups is 1. The molecule has 1 saturated heterocycles. The molecule has 31 heavy (non-hydrogen) atoms. The number of carbonyl (C=O) groups is 1. The van der Waals surface area contributed by atoms with Gasteiger partial charge in [0.2, 0.25) is 0 Å². The normalized spacial score (nSPS) is 22.2. The van der Waals surface area contributed by atoms with E-state index in [1.165, 1.54) is 12.8 Å². The zero-order chi connectivity index (χ0) is 21.8. The lowest BCUT2D eigenvalue weighted by Crippen LogP contribution is -2.47. The van der Waals surface area contributed by atoms with Crippen LogP contribution in [0.25, 0.3) is 0 Å². The van der Waals surface area contributed by atoms with Crippen LogP contribution in [0.1, 0.15) is 50.6 Å². The number of amides is 1. The van der Waals surface area contributed by atoms with Gasteiger partial charge in [-0.2, -0.15) is 5.10 Å². The summed E-state index contributed by atoms with van der Waals surface area (Å²) in [6, 6.07) is 15.8. The minimum Gasteiger partial charge on any atom is -0.284 e. The molecule has 164 valence electrons. The summed E-state index contributed by atoms with van der Waals surface area (Å²) in [4.78, 5) is 13.3. The first-order valence-corrected chi connectivity index (χ1v) is 12.2. The van der Waals surface area contributed by atoms with Gasteiger partial charge in [-0.25, -0.2) is 5.01 Å². The van der Waals surface area contributed by atoms with Crippen LogP contribution in [0.15, 0.2) is 58.1 Å². The van der Waals surface area contributed by atoms with Crippen molar-refractivity contribution in [3.8, 4) is 0 Å². The Hall–Kier alpha value is -1.89. The molecule has 0 saturated carbocycles. The molecule has 2 aliphatic rings. The average molecular weight is 504 g/mol. The van der Waals surface area contributed by atoms with E-state index < -0.39 is 0 Å². The quantitative estimate of drug-likeness (QED) is 0.548. The minimum atomic E-state index is -0.106. The maximum Gasteiger partial charge on any atom is 0.282 e. The number of halogens is 2. The molecule has 1 N–H and O–H groups in total. The van der Waals surface area contributed by atoms with Gasteiger partial charge in [-0.05, 0) is 49.1 Å². The number of hydrogen-bond donors (Lipinski definition) is 1. The average Bonchev–Trinajstić information content (AvgIpc) is 2.97. The van der Waals surface area contributed by atoms with E-state index in [1.54, 1.807) is 0 Å². The number of benzene rings is 2. The predicted molar refractivity (Wildman–Crippen MR) is 130 cm³/mol. The van der Waals surface area contributed by atoms with Gasteiger partial charge in [0.05, 0.1) is 16.8 Å². The van der Waals surface area contributed by atoms with E-state index in [0.717, 1.165) is 48.1 Å². The number of hydrazone groups is 1. The smallest absolute Gasteiger partial charge is 0.282 e. The second kappa shape index (κ2) is 10.2. The molecule has 7 heteroatoms. The first kappa shape index (κ1) is 22.3. The predicted octanol–water partition coefficient (Wildman–Crippen LogP) is 5.95. The molecular weight excluding hydrogens is 476 g/mol. The van der Waals surface area contributed by atoms with E-state index in [0.29, 0.717) is 10.7 Å². The Labute approximate surface area is 197 Å². The van der Waals surface area contributed by atoms with Crippen molar-refractivity contribution in [2.45, 2.75) is 45.1 Å². The molecule has 2 aromatic carbocycles. The fourth-order valence-electron chi connectivity index (χ4n) is 4.46. The first-order valence-electron chi connectivity index (χ1n) is 11.0. The van der Waals surface area contributed by atoms with E-state index in [-0.39, 0.29) is 17.9 Å². The highest BCUT2D eigenvalue weighted by molar-refractivity contribution is 9.10. The number of nitrogens with zero attached hydrogens (tertiary/aromatic N) is 3. The third-order valence-electron chi connectivity index (χ3n) is 6.06. The Morgan fingerprint density at radius 1 is 1.10 bits per heavy atom. The van der Waals surface area contributed by atoms with Gasteiger partial charge in [0.25, 0.3) is 5.91 Å². The number of nitrogens with one attached hydrogen (secondary N) is 1. The lowest BCUT2D eigenvalue weighted by Gasteiger charge is -2.29. The Bertz CT molecular complexity index is 941. The SMILES string of the molecule is CC[C@@H]1C(C(=O)NN2CCCCCC2)=NN(c2ccccc2Cl)[C@@H]1c1ccc(Br)cc1. The maximum atomic E-state index is 13.3. The highest BCUT2D eigenvalue weighted by atomic mass is 79.9. The summed E-state index contributed by atoms with van der Waals surface area (Å²) < 4.78 is 1.02. The molecule has 0 aromatic heterocycles. The third-order valence-corrected chi connectivity index (χ3v) is 6.91. The number of para-hydroxylation sites is 1. The van der Waals surface area contributed by atoms with Crippen molar-refractivity contribution in [3.05, 3.63) is 63.6 Å². The van der Waals surface area contributed by atoms with Crippen LogP contribution < -0.4 is 10.4 Å². The monoisotopic (exact) mass is 502 g/mol. The molecule has 0 spiro atoms. The minimum absolute atomic E-state index is 0.0376. The summed E-state index contributed by atoms with van der Waals surface area (Å²) >= 11 is 10.1. The fourth-order valence-corrected chi connectivity index (χ4v) is 4.95. The van der Waals surface area contributed by atoms with Gasteiger partial charge in [0.15, 0.2) is 0 Å². The molecule has 5 nitrogen and oxygen atoms in total. The van der Waals surface area contributed by atoms with Crippen LogP contribution in [0.3, 0.4) is 0 Å². The molecule has 0 aliphatic carbocycles. The highest BCUT2D eigenvalue weighted by Gasteiger charge is 2.41. The molecule has 0 radical (unpaired) electrons. The van der Waals surface area contributed by atoms with Gasteiger partial charge >= 0.3 is 0 Å². The zero-order valence-corrected chi connectivity index (χ0v) is 20.1. The summed E-state index contributed by atoms with van der Waals surface area (Å²) in [5.41, 5.74) is 5.62. The molecule has 2 atom stereocenters. The zero-order valence-electron chi connectivity index (χ0n) is 17.7. The van der Waals surface area contributed by atoms with Crippen LogP contribution in [-0.2, 0) is 4.79 Å². The van der Waals surface area contributed by atoms with Crippen molar-refractivity contribution in [2.24, 2.45) is 11.0 Å². The van der Waals surface area contributed by atoms with Crippen molar-refractivity contribution in [3.63, 3.8) is 0 Å². The largest absolute Gasteiger partial charge is 0.284 e. The fraction of sp³-hybridized carbons (Fsp3) is 0.417. The van der Waals surface area contributed by atoms with E-state index in [2.05, 4.69) is 45.4 Å². The van der Waals surface area contributed by atoms with Gasteiger partial charge < -0.3 is 0 Å². The summed E-state index contributed by atoms with van der Waals surface area (Å²) in [6.07, 6.45) is 5.45. The first-order chi connectivity index (χ1) is 15.1. The van der Waals surface area contributed by atoms with Crippen molar-refractivity contribution < 1.29 is 4.79 Å². The standard InChI is InChI=1S/C24H28BrClN4O/c1-2-19-22(24(31)28-29-15-7-3-4-8-16-29)27-30(21-10-6-5-9-20(21)26)23(19)17-11-13-18(25)14-12-17/h5-6,9-14,19,23H,2-4,7-8,15-16H2,1H3,(H,28,31)/t19-,23-/m1/s1. The van der Waals surface area contributed by atoms with Crippen LogP contribution >= 0.6 is 27.5 Å². The van der Waals surface area contributed by atoms with Crippen molar-refractivity contribution in [2.75, 3.05) is 18.1 Å². The number of rotatable bonds is 5. The molecule has 0 unspecified atom stereocenters. The lowest BCUT2D eigenvalue weighted by molar-refractivity contribution is -0.119. The van der Waals surface area contributed by atoms with Crippen molar-refractivity contribution >= 4 is 44.8 Å². The van der Waals surface area contributed by atoms with E-state index in [1.807, 2.05) is 41.4 Å². The van der Waals surface area contributed by atoms with Crippen LogP contribution in [-0.4, -0.2) is 29.7 Å². The molecule has 2 heterocycles. The van der Waals surface area contributed by atoms with Crippen molar-refractivity contribution in [1.29, 1.82) is 0 Å². The molecule has 1 fully saturated rings. The van der Waals surface area contributed by atoms with Crippen molar-refractivity contribution in [1.82, 2.24) is 10.4 Å². The molecule has 2 aromatic rings. The van der Waals surface area contributed by atoms with Gasteiger partial charge in [-0.1, -0.05) is 71.6 Å². The maximum absolute atomic E-state index is 13.3. The Morgan fingerprint density at radius 2 is 1.77 bits per heavy atom. The van der Waals surface area contributed by atoms with Crippen LogP contribution in [0.5, 0.6) is 0 Å². The second-order valence-corrected chi connectivity index (χ2v) is 9.46. The van der Waals surface area contributed by atoms with Gasteiger partial charge in [-0.15, -0.1) is 0 Å². The second-order valence-electron chi connectivity index (χ2n) is 8.13. The van der Waals surface area contributed by atoms with E-state index in [4.69, 9.17) is 16.7 Å². The third kappa shape index (κ3) is 4.97. The van der Waals surface area contributed by atoms with E-state index >= 15 is 0 Å². The van der Waals surface area contributed by atoms with Gasteiger partial charge in [-0.3, -0.25) is 15.2 Å². The molecule has 1 amide bonds.